The van der Waals surface area contributed by atoms with E-state index in [1.54, 1.807) is 0 Å². The molecule has 0 aliphatic heterocycles. The predicted molar refractivity (Wildman–Crippen MR) is 74.3 cm³/mol. The van der Waals surface area contributed by atoms with Crippen LogP contribution in [0.1, 0.15) is 6.42 Å². The molecule has 5 nitrogen and oxygen atoms in total. The average Bonchev–Trinajstić information content (AvgIpc) is 2.27. The number of carboxylic acids is 1. The molecule has 0 saturated heterocycles. The smallest absolute Gasteiger partial charge is 0.321 e. The summed E-state index contributed by atoms with van der Waals surface area (Å²) in [6, 6.07) is 1.75. The number of benzene rings is 1. The summed E-state index contributed by atoms with van der Waals surface area (Å²) in [4.78, 5) is 10.7. The molecule has 0 radical (unpaired) electrons. The average molecular weight is 372 g/mol. The van der Waals surface area contributed by atoms with Crippen molar-refractivity contribution in [3.8, 4) is 0 Å². The van der Waals surface area contributed by atoms with E-state index in [0.29, 0.717) is 0 Å². The van der Waals surface area contributed by atoms with Gasteiger partial charge in [0.25, 0.3) is 0 Å². The zero-order chi connectivity index (χ0) is 14.6. The molecular formula is C10H11BrFNO4S2. The topological polar surface area (TPSA) is 83.5 Å². The minimum absolute atomic E-state index is 0.0232. The van der Waals surface area contributed by atoms with Gasteiger partial charge in [-0.3, -0.25) is 4.79 Å². The number of sulfonamides is 1. The number of carbonyl (C=O) groups is 1. The van der Waals surface area contributed by atoms with Gasteiger partial charge in [-0.25, -0.2) is 12.8 Å². The molecule has 0 saturated carbocycles. The highest BCUT2D eigenvalue weighted by molar-refractivity contribution is 9.10. The summed E-state index contributed by atoms with van der Waals surface area (Å²) in [5.41, 5.74) is 0. The summed E-state index contributed by atoms with van der Waals surface area (Å²) < 4.78 is 39.0. The van der Waals surface area contributed by atoms with Gasteiger partial charge in [0.15, 0.2) is 0 Å². The highest BCUT2D eigenvalue weighted by atomic mass is 79.9. The normalized spacial score (nSPS) is 13.2. The summed E-state index contributed by atoms with van der Waals surface area (Å²) in [5, 5.41) is 8.90. The van der Waals surface area contributed by atoms with Crippen LogP contribution in [0.3, 0.4) is 0 Å². The van der Waals surface area contributed by atoms with E-state index in [2.05, 4.69) is 28.6 Å². The molecule has 1 aromatic rings. The van der Waals surface area contributed by atoms with Crippen LogP contribution in [0.5, 0.6) is 0 Å². The Balaban J connectivity index is 3.06. The van der Waals surface area contributed by atoms with Crippen molar-refractivity contribution in [3.63, 3.8) is 0 Å². The maximum Gasteiger partial charge on any atom is 0.321 e. The minimum Gasteiger partial charge on any atom is -0.480 e. The molecule has 0 amide bonds. The van der Waals surface area contributed by atoms with Gasteiger partial charge < -0.3 is 5.11 Å². The van der Waals surface area contributed by atoms with Crippen LogP contribution in [0.2, 0.25) is 0 Å². The van der Waals surface area contributed by atoms with Crippen LogP contribution in [0.4, 0.5) is 4.39 Å². The largest absolute Gasteiger partial charge is 0.480 e. The maximum atomic E-state index is 12.9. The van der Waals surface area contributed by atoms with Crippen molar-refractivity contribution in [3.05, 3.63) is 28.5 Å². The molecule has 0 aliphatic rings. The van der Waals surface area contributed by atoms with E-state index in [9.17, 15) is 17.6 Å². The number of thiol groups is 1. The molecule has 106 valence electrons. The molecule has 0 bridgehead atoms. The fourth-order valence-corrected chi connectivity index (χ4v) is 3.84. The van der Waals surface area contributed by atoms with Crippen molar-refractivity contribution in [2.45, 2.75) is 17.4 Å². The van der Waals surface area contributed by atoms with Gasteiger partial charge >= 0.3 is 5.97 Å². The van der Waals surface area contributed by atoms with Gasteiger partial charge in [0, 0.05) is 4.47 Å². The van der Waals surface area contributed by atoms with Crippen molar-refractivity contribution in [2.24, 2.45) is 0 Å². The molecule has 19 heavy (non-hydrogen) atoms. The molecule has 0 aliphatic carbocycles. The molecule has 2 N–H and O–H groups in total. The second-order valence-corrected chi connectivity index (χ2v) is 6.58. The number of halogens is 2. The number of carboxylic acid groups (broad SMARTS) is 1. The minimum atomic E-state index is -4.05. The van der Waals surface area contributed by atoms with Crippen molar-refractivity contribution >= 4 is 44.6 Å². The lowest BCUT2D eigenvalue weighted by atomic mass is 10.2. The molecule has 9 heteroatoms. The Labute approximate surface area is 123 Å². The molecule has 1 unspecified atom stereocenters. The van der Waals surface area contributed by atoms with Crippen molar-refractivity contribution in [2.75, 3.05) is 5.75 Å². The number of hydrogen-bond donors (Lipinski definition) is 3. The Morgan fingerprint density at radius 2 is 2.16 bits per heavy atom. The standard InChI is InChI=1S/C10H11BrFNO4S2/c11-7-5-6(12)1-2-9(7)19(16,17)13-8(3-4-18)10(14)15/h1-2,5,8,13,18H,3-4H2,(H,14,15). The van der Waals surface area contributed by atoms with E-state index in [4.69, 9.17) is 5.11 Å². The van der Waals surface area contributed by atoms with Gasteiger partial charge in [-0.1, -0.05) is 0 Å². The van der Waals surface area contributed by atoms with Gasteiger partial charge in [-0.05, 0) is 46.3 Å². The SMILES string of the molecule is O=C(O)C(CCS)NS(=O)(=O)c1ccc(F)cc1Br. The fraction of sp³-hybridized carbons (Fsp3) is 0.300. The summed E-state index contributed by atoms with van der Waals surface area (Å²) in [6.45, 7) is 0. The fourth-order valence-electron chi connectivity index (χ4n) is 1.31. The molecule has 0 aromatic heterocycles. The monoisotopic (exact) mass is 371 g/mol. The van der Waals surface area contributed by atoms with Gasteiger partial charge in [-0.15, -0.1) is 0 Å². The number of nitrogens with one attached hydrogen (secondary N) is 1. The first-order valence-electron chi connectivity index (χ1n) is 5.09. The second-order valence-electron chi connectivity index (χ2n) is 3.60. The first kappa shape index (κ1) is 16.4. The molecular weight excluding hydrogens is 361 g/mol. The Morgan fingerprint density at radius 3 is 2.63 bits per heavy atom. The van der Waals surface area contributed by atoms with Crippen LogP contribution >= 0.6 is 28.6 Å². The molecule has 1 aromatic carbocycles. The third-order valence-corrected chi connectivity index (χ3v) is 4.90. The first-order chi connectivity index (χ1) is 8.77. The van der Waals surface area contributed by atoms with Crippen LogP contribution in [0.25, 0.3) is 0 Å². The van der Waals surface area contributed by atoms with Gasteiger partial charge in [0.2, 0.25) is 10.0 Å². The highest BCUT2D eigenvalue weighted by Gasteiger charge is 2.26. The molecule has 0 fully saturated rings. The summed E-state index contributed by atoms with van der Waals surface area (Å²) in [5.74, 6) is -1.68. The predicted octanol–water partition coefficient (Wildman–Crippen LogP) is 1.64. The molecule has 0 heterocycles. The zero-order valence-corrected chi connectivity index (χ0v) is 12.8. The second kappa shape index (κ2) is 6.69. The lowest BCUT2D eigenvalue weighted by molar-refractivity contribution is -0.139. The third kappa shape index (κ3) is 4.44. The maximum absolute atomic E-state index is 12.9. The Bertz CT molecular complexity index is 579. The molecule has 1 atom stereocenters. The van der Waals surface area contributed by atoms with Crippen LogP contribution < -0.4 is 4.72 Å². The van der Waals surface area contributed by atoms with E-state index >= 15 is 0 Å². The van der Waals surface area contributed by atoms with Gasteiger partial charge in [-0.2, -0.15) is 17.4 Å². The van der Waals surface area contributed by atoms with E-state index in [0.717, 1.165) is 18.2 Å². The van der Waals surface area contributed by atoms with Crippen molar-refractivity contribution < 1.29 is 22.7 Å². The zero-order valence-electron chi connectivity index (χ0n) is 9.51. The van der Waals surface area contributed by atoms with Crippen LogP contribution in [-0.4, -0.2) is 31.3 Å². The highest BCUT2D eigenvalue weighted by Crippen LogP contribution is 2.23. The Hall–Kier alpha value is -0.640. The quantitative estimate of drug-likeness (QED) is 0.663. The number of rotatable bonds is 6. The lowest BCUT2D eigenvalue weighted by Crippen LogP contribution is -2.41. The lowest BCUT2D eigenvalue weighted by Gasteiger charge is -2.14. The van der Waals surface area contributed by atoms with Crippen LogP contribution in [0, 0.1) is 5.82 Å². The Kier molecular flexibility index (Phi) is 5.78. The van der Waals surface area contributed by atoms with Crippen molar-refractivity contribution in [1.82, 2.24) is 4.72 Å². The number of aliphatic carboxylic acids is 1. The van der Waals surface area contributed by atoms with Gasteiger partial charge in [0.05, 0.1) is 4.90 Å². The van der Waals surface area contributed by atoms with Gasteiger partial charge in [0.1, 0.15) is 11.9 Å². The first-order valence-corrected chi connectivity index (χ1v) is 8.00. The van der Waals surface area contributed by atoms with E-state index in [-0.39, 0.29) is 21.5 Å². The summed E-state index contributed by atoms with van der Waals surface area (Å²) in [6.07, 6.45) is 0.0382. The van der Waals surface area contributed by atoms with E-state index < -0.39 is 27.9 Å². The van der Waals surface area contributed by atoms with Crippen LogP contribution in [0.15, 0.2) is 27.6 Å². The van der Waals surface area contributed by atoms with Crippen molar-refractivity contribution in [1.29, 1.82) is 0 Å². The van der Waals surface area contributed by atoms with E-state index in [1.165, 1.54) is 0 Å². The summed E-state index contributed by atoms with van der Waals surface area (Å²) >= 11 is 6.80. The van der Waals surface area contributed by atoms with Crippen LogP contribution in [-0.2, 0) is 14.8 Å². The molecule has 1 rings (SSSR count). The third-order valence-electron chi connectivity index (χ3n) is 2.20. The Morgan fingerprint density at radius 1 is 1.53 bits per heavy atom. The summed E-state index contributed by atoms with van der Waals surface area (Å²) in [7, 11) is -4.05. The molecule has 0 spiro atoms. The number of hydrogen-bond acceptors (Lipinski definition) is 4. The van der Waals surface area contributed by atoms with E-state index in [1.807, 2.05) is 4.72 Å².